The summed E-state index contributed by atoms with van der Waals surface area (Å²) in [5.41, 5.74) is 5.88. The van der Waals surface area contributed by atoms with Gasteiger partial charge < -0.3 is 10.5 Å². The highest BCUT2D eigenvalue weighted by Crippen LogP contribution is 2.38. The van der Waals surface area contributed by atoms with Crippen molar-refractivity contribution >= 4 is 24.2 Å². The Morgan fingerprint density at radius 1 is 1.08 bits per heavy atom. The summed E-state index contributed by atoms with van der Waals surface area (Å²) in [5, 5.41) is 0. The molecule has 0 aliphatic carbocycles. The molecular weight excluding hydrogens is 338 g/mol. The van der Waals surface area contributed by atoms with E-state index >= 15 is 0 Å². The van der Waals surface area contributed by atoms with Crippen LogP contribution in [-0.2, 0) is 14.3 Å². The summed E-state index contributed by atoms with van der Waals surface area (Å²) < 4.78 is 5.45. The van der Waals surface area contributed by atoms with Crippen molar-refractivity contribution in [2.45, 2.75) is 53.6 Å². The van der Waals surface area contributed by atoms with Crippen molar-refractivity contribution in [2.75, 3.05) is 6.54 Å². The number of rotatable bonds is 9. The van der Waals surface area contributed by atoms with Gasteiger partial charge in [-0.2, -0.15) is 0 Å². The maximum Gasteiger partial charge on any atom is 0.320 e. The SMILES string of the molecule is CC(C)C(C)(C(=O)CC[C@@H](OC(=O)CN)c1ccccc1)C(C)C.Cl. The molecule has 0 amide bonds. The third kappa shape index (κ3) is 6.12. The van der Waals surface area contributed by atoms with Crippen LogP contribution in [0.5, 0.6) is 0 Å². The van der Waals surface area contributed by atoms with E-state index in [1.165, 1.54) is 0 Å². The van der Waals surface area contributed by atoms with E-state index < -0.39 is 12.1 Å². The average molecular weight is 370 g/mol. The van der Waals surface area contributed by atoms with Crippen LogP contribution in [0, 0.1) is 17.3 Å². The fourth-order valence-corrected chi connectivity index (χ4v) is 3.01. The standard InChI is InChI=1S/C20H31NO3.ClH/c1-14(2)20(5,15(3)4)18(22)12-11-17(24-19(23)13-21)16-9-7-6-8-10-16;/h6-10,14-15,17H,11-13,21H2,1-5H3;1H/t17-;/m1./s1. The zero-order chi connectivity index (χ0) is 18.3. The molecule has 5 heteroatoms. The van der Waals surface area contributed by atoms with E-state index in [4.69, 9.17) is 10.5 Å². The van der Waals surface area contributed by atoms with Gasteiger partial charge in [-0.05, 0) is 23.8 Å². The molecule has 0 bridgehead atoms. The molecule has 0 aromatic heterocycles. The van der Waals surface area contributed by atoms with Gasteiger partial charge in [0.05, 0.1) is 6.54 Å². The molecule has 0 saturated carbocycles. The molecule has 0 heterocycles. The van der Waals surface area contributed by atoms with Crippen molar-refractivity contribution in [2.24, 2.45) is 23.0 Å². The third-order valence-electron chi connectivity index (χ3n) is 5.24. The topological polar surface area (TPSA) is 69.4 Å². The highest BCUT2D eigenvalue weighted by Gasteiger charge is 2.39. The molecule has 1 aromatic carbocycles. The minimum atomic E-state index is -0.452. The molecule has 25 heavy (non-hydrogen) atoms. The Bertz CT molecular complexity index is 535. The number of esters is 1. The summed E-state index contributed by atoms with van der Waals surface area (Å²) in [7, 11) is 0. The Labute approximate surface area is 157 Å². The Hall–Kier alpha value is -1.39. The summed E-state index contributed by atoms with van der Waals surface area (Å²) >= 11 is 0. The predicted octanol–water partition coefficient (Wildman–Crippen LogP) is 4.32. The first-order valence-corrected chi connectivity index (χ1v) is 8.71. The Morgan fingerprint density at radius 2 is 1.60 bits per heavy atom. The highest BCUT2D eigenvalue weighted by atomic mass is 35.5. The van der Waals surface area contributed by atoms with Crippen LogP contribution in [0.25, 0.3) is 0 Å². The molecule has 1 atom stereocenters. The summed E-state index contributed by atoms with van der Waals surface area (Å²) in [6, 6.07) is 9.51. The van der Waals surface area contributed by atoms with Gasteiger partial charge in [0.2, 0.25) is 0 Å². The Balaban J connectivity index is 0.00000576. The summed E-state index contributed by atoms with van der Waals surface area (Å²) in [5.74, 6) is 0.280. The van der Waals surface area contributed by atoms with E-state index in [0.717, 1.165) is 5.56 Å². The molecule has 0 radical (unpaired) electrons. The molecule has 2 N–H and O–H groups in total. The second kappa shape index (κ2) is 10.6. The first-order valence-electron chi connectivity index (χ1n) is 8.71. The lowest BCUT2D eigenvalue weighted by atomic mass is 9.66. The maximum absolute atomic E-state index is 12.9. The van der Waals surface area contributed by atoms with Crippen LogP contribution in [-0.4, -0.2) is 18.3 Å². The molecule has 0 aliphatic rings. The smallest absolute Gasteiger partial charge is 0.320 e. The molecule has 0 fully saturated rings. The van der Waals surface area contributed by atoms with Crippen LogP contribution in [0.3, 0.4) is 0 Å². The second-order valence-electron chi connectivity index (χ2n) is 7.15. The number of ether oxygens (including phenoxy) is 1. The van der Waals surface area contributed by atoms with Gasteiger partial charge >= 0.3 is 5.97 Å². The van der Waals surface area contributed by atoms with Gasteiger partial charge in [-0.1, -0.05) is 65.0 Å². The average Bonchev–Trinajstić information content (AvgIpc) is 2.57. The lowest BCUT2D eigenvalue weighted by Gasteiger charge is -2.36. The van der Waals surface area contributed by atoms with E-state index in [0.29, 0.717) is 12.8 Å². The van der Waals surface area contributed by atoms with Crippen LogP contribution < -0.4 is 5.73 Å². The third-order valence-corrected chi connectivity index (χ3v) is 5.24. The number of carbonyl (C=O) groups excluding carboxylic acids is 2. The monoisotopic (exact) mass is 369 g/mol. The summed E-state index contributed by atoms with van der Waals surface area (Å²) in [6.45, 7) is 10.2. The van der Waals surface area contributed by atoms with Gasteiger partial charge in [0.25, 0.3) is 0 Å². The molecule has 0 aliphatic heterocycles. The largest absolute Gasteiger partial charge is 0.457 e. The number of hydrogen-bond donors (Lipinski definition) is 1. The number of Topliss-reactive ketones (excluding diaryl/α,β-unsaturated/α-hetero) is 1. The van der Waals surface area contributed by atoms with E-state index in [9.17, 15) is 9.59 Å². The van der Waals surface area contributed by atoms with Gasteiger partial charge in [-0.25, -0.2) is 0 Å². The molecule has 4 nitrogen and oxygen atoms in total. The lowest BCUT2D eigenvalue weighted by Crippen LogP contribution is -2.38. The number of halogens is 1. The number of carbonyl (C=O) groups is 2. The zero-order valence-corrected chi connectivity index (χ0v) is 16.8. The molecule has 0 saturated heterocycles. The molecule has 1 aromatic rings. The van der Waals surface area contributed by atoms with Gasteiger partial charge in [0.15, 0.2) is 0 Å². The quantitative estimate of drug-likeness (QED) is 0.658. The van der Waals surface area contributed by atoms with Crippen molar-refractivity contribution in [3.05, 3.63) is 35.9 Å². The van der Waals surface area contributed by atoms with Gasteiger partial charge in [-0.3, -0.25) is 9.59 Å². The fourth-order valence-electron chi connectivity index (χ4n) is 3.01. The highest BCUT2D eigenvalue weighted by molar-refractivity contribution is 5.85. The molecule has 142 valence electrons. The zero-order valence-electron chi connectivity index (χ0n) is 16.0. The van der Waals surface area contributed by atoms with Crippen LogP contribution >= 0.6 is 12.4 Å². The second-order valence-corrected chi connectivity index (χ2v) is 7.15. The normalized spacial score (nSPS) is 12.6. The summed E-state index contributed by atoms with van der Waals surface area (Å²) in [6.07, 6.45) is 0.420. The van der Waals surface area contributed by atoms with Gasteiger partial charge in [-0.15, -0.1) is 12.4 Å². The summed E-state index contributed by atoms with van der Waals surface area (Å²) in [4.78, 5) is 24.5. The van der Waals surface area contributed by atoms with Crippen molar-refractivity contribution in [1.82, 2.24) is 0 Å². The van der Waals surface area contributed by atoms with Crippen LogP contribution in [0.2, 0.25) is 0 Å². The van der Waals surface area contributed by atoms with Crippen molar-refractivity contribution in [1.29, 1.82) is 0 Å². The number of benzene rings is 1. The molecular formula is C20H32ClNO3. The minimum absolute atomic E-state index is 0. The Morgan fingerprint density at radius 3 is 2.04 bits per heavy atom. The number of ketones is 1. The van der Waals surface area contributed by atoms with Gasteiger partial charge in [0, 0.05) is 11.8 Å². The fraction of sp³-hybridized carbons (Fsp3) is 0.600. The van der Waals surface area contributed by atoms with Crippen LogP contribution in [0.4, 0.5) is 0 Å². The van der Waals surface area contributed by atoms with Crippen molar-refractivity contribution in [3.8, 4) is 0 Å². The molecule has 0 unspecified atom stereocenters. The van der Waals surface area contributed by atoms with Crippen LogP contribution in [0.1, 0.15) is 59.1 Å². The first-order chi connectivity index (χ1) is 11.2. The Kier molecular flexibility index (Phi) is 9.98. The first kappa shape index (κ1) is 23.6. The van der Waals surface area contributed by atoms with Crippen molar-refractivity contribution < 1.29 is 14.3 Å². The van der Waals surface area contributed by atoms with Crippen molar-refractivity contribution in [3.63, 3.8) is 0 Å². The van der Waals surface area contributed by atoms with E-state index in [-0.39, 0.29) is 42.0 Å². The van der Waals surface area contributed by atoms with E-state index in [2.05, 4.69) is 27.7 Å². The molecule has 1 rings (SSSR count). The predicted molar refractivity (Wildman–Crippen MR) is 104 cm³/mol. The lowest BCUT2D eigenvalue weighted by molar-refractivity contribution is -0.149. The van der Waals surface area contributed by atoms with E-state index in [1.807, 2.05) is 37.3 Å². The van der Waals surface area contributed by atoms with E-state index in [1.54, 1.807) is 0 Å². The maximum atomic E-state index is 12.9. The minimum Gasteiger partial charge on any atom is -0.457 e. The van der Waals surface area contributed by atoms with Crippen LogP contribution in [0.15, 0.2) is 30.3 Å². The number of nitrogens with two attached hydrogens (primary N) is 1. The van der Waals surface area contributed by atoms with Gasteiger partial charge in [0.1, 0.15) is 11.9 Å². The molecule has 0 spiro atoms. The number of hydrogen-bond acceptors (Lipinski definition) is 4.